The van der Waals surface area contributed by atoms with Gasteiger partial charge in [-0.2, -0.15) is 0 Å². The van der Waals surface area contributed by atoms with E-state index in [1.54, 1.807) is 11.1 Å². The average molecular weight is 337 g/mol. The summed E-state index contributed by atoms with van der Waals surface area (Å²) in [6.45, 7) is 4.96. The lowest BCUT2D eigenvalue weighted by atomic mass is 10.2. The van der Waals surface area contributed by atoms with Crippen molar-refractivity contribution in [2.45, 2.75) is 26.8 Å². The van der Waals surface area contributed by atoms with Crippen LogP contribution in [0.2, 0.25) is 0 Å². The van der Waals surface area contributed by atoms with Crippen LogP contribution in [-0.4, -0.2) is 23.3 Å². The molecule has 1 aromatic heterocycles. The molecule has 1 fully saturated rings. The van der Waals surface area contributed by atoms with E-state index in [0.717, 1.165) is 16.9 Å². The highest BCUT2D eigenvalue weighted by Crippen LogP contribution is 2.41. The number of benzene rings is 1. The number of nitrogens with zero attached hydrogens (tertiary/aromatic N) is 2. The van der Waals surface area contributed by atoms with Gasteiger partial charge in [-0.1, -0.05) is 18.2 Å². The summed E-state index contributed by atoms with van der Waals surface area (Å²) in [6, 6.07) is 13.5. The second-order valence-corrected chi connectivity index (χ2v) is 6.41. The van der Waals surface area contributed by atoms with Crippen molar-refractivity contribution in [2.24, 2.45) is 11.8 Å². The molecular weight excluding hydrogens is 314 g/mol. The number of pyridine rings is 1. The van der Waals surface area contributed by atoms with Crippen molar-refractivity contribution in [3.63, 3.8) is 0 Å². The van der Waals surface area contributed by atoms with Gasteiger partial charge in [0.05, 0.1) is 24.1 Å². The minimum Gasteiger partial charge on any atom is -0.350 e. The van der Waals surface area contributed by atoms with Gasteiger partial charge in [-0.3, -0.25) is 14.6 Å². The van der Waals surface area contributed by atoms with E-state index in [1.165, 1.54) is 0 Å². The molecule has 1 heterocycles. The molecule has 25 heavy (non-hydrogen) atoms. The SMILES string of the molecule is CCN(C(=O)C1CC1C(=O)NCc1ccccn1)c1cccc(C)c1. The molecule has 2 unspecified atom stereocenters. The van der Waals surface area contributed by atoms with Crippen LogP contribution in [0.3, 0.4) is 0 Å². The van der Waals surface area contributed by atoms with Gasteiger partial charge in [0.15, 0.2) is 0 Å². The largest absolute Gasteiger partial charge is 0.350 e. The first-order valence-corrected chi connectivity index (χ1v) is 8.65. The summed E-state index contributed by atoms with van der Waals surface area (Å²) in [5.74, 6) is -0.477. The molecule has 0 radical (unpaired) electrons. The van der Waals surface area contributed by atoms with Crippen LogP contribution >= 0.6 is 0 Å². The third-order valence-electron chi connectivity index (χ3n) is 4.51. The van der Waals surface area contributed by atoms with Crippen LogP contribution in [0.15, 0.2) is 48.7 Å². The molecule has 2 atom stereocenters. The number of nitrogens with one attached hydrogen (secondary N) is 1. The first kappa shape index (κ1) is 17.1. The molecule has 5 nitrogen and oxygen atoms in total. The summed E-state index contributed by atoms with van der Waals surface area (Å²) in [4.78, 5) is 31.0. The van der Waals surface area contributed by atoms with Crippen molar-refractivity contribution < 1.29 is 9.59 Å². The van der Waals surface area contributed by atoms with E-state index < -0.39 is 0 Å². The summed E-state index contributed by atoms with van der Waals surface area (Å²) in [5, 5.41) is 2.88. The number of hydrogen-bond donors (Lipinski definition) is 1. The van der Waals surface area contributed by atoms with Gasteiger partial charge in [-0.15, -0.1) is 0 Å². The Morgan fingerprint density at radius 3 is 2.72 bits per heavy atom. The fraction of sp³-hybridized carbons (Fsp3) is 0.350. The Kier molecular flexibility index (Phi) is 5.12. The summed E-state index contributed by atoms with van der Waals surface area (Å²) in [7, 11) is 0. The lowest BCUT2D eigenvalue weighted by Gasteiger charge is -2.21. The normalized spacial score (nSPS) is 18.5. The Morgan fingerprint density at radius 2 is 2.04 bits per heavy atom. The fourth-order valence-electron chi connectivity index (χ4n) is 3.03. The minimum absolute atomic E-state index is 0.0334. The maximum Gasteiger partial charge on any atom is 0.230 e. The molecule has 1 N–H and O–H groups in total. The number of carbonyl (C=O) groups excluding carboxylic acids is 2. The van der Waals surface area contributed by atoms with Crippen molar-refractivity contribution >= 4 is 17.5 Å². The molecule has 130 valence electrons. The number of rotatable bonds is 6. The predicted molar refractivity (Wildman–Crippen MR) is 96.9 cm³/mol. The number of amides is 2. The van der Waals surface area contributed by atoms with Crippen molar-refractivity contribution in [1.82, 2.24) is 10.3 Å². The van der Waals surface area contributed by atoms with Crippen LogP contribution < -0.4 is 10.2 Å². The molecule has 2 aromatic rings. The third-order valence-corrected chi connectivity index (χ3v) is 4.51. The van der Waals surface area contributed by atoms with Gasteiger partial charge < -0.3 is 10.2 Å². The first-order valence-electron chi connectivity index (χ1n) is 8.65. The monoisotopic (exact) mass is 337 g/mol. The van der Waals surface area contributed by atoms with Crippen molar-refractivity contribution in [3.05, 3.63) is 59.9 Å². The van der Waals surface area contributed by atoms with Gasteiger partial charge in [-0.05, 0) is 50.1 Å². The summed E-state index contributed by atoms with van der Waals surface area (Å²) < 4.78 is 0. The third kappa shape index (κ3) is 4.05. The second kappa shape index (κ2) is 7.47. The van der Waals surface area contributed by atoms with Crippen molar-refractivity contribution in [3.8, 4) is 0 Å². The average Bonchev–Trinajstić information content (AvgIpc) is 3.42. The first-order chi connectivity index (χ1) is 12.1. The molecule has 1 aliphatic carbocycles. The lowest BCUT2D eigenvalue weighted by molar-refractivity contribution is -0.126. The van der Waals surface area contributed by atoms with Crippen LogP contribution in [0, 0.1) is 18.8 Å². The van der Waals surface area contributed by atoms with E-state index in [0.29, 0.717) is 19.5 Å². The van der Waals surface area contributed by atoms with Crippen LogP contribution in [0.1, 0.15) is 24.6 Å². The summed E-state index contributed by atoms with van der Waals surface area (Å²) in [6.07, 6.45) is 2.32. The van der Waals surface area contributed by atoms with Crippen LogP contribution in [0.4, 0.5) is 5.69 Å². The lowest BCUT2D eigenvalue weighted by Crippen LogP contribution is -2.34. The highest BCUT2D eigenvalue weighted by Gasteiger charge is 2.49. The Bertz CT molecular complexity index is 761. The van der Waals surface area contributed by atoms with Gasteiger partial charge in [-0.25, -0.2) is 0 Å². The topological polar surface area (TPSA) is 62.3 Å². The zero-order valence-electron chi connectivity index (χ0n) is 14.6. The Labute approximate surface area is 148 Å². The van der Waals surface area contributed by atoms with Gasteiger partial charge in [0.25, 0.3) is 0 Å². The van der Waals surface area contributed by atoms with E-state index in [4.69, 9.17) is 0 Å². The maximum absolute atomic E-state index is 12.8. The summed E-state index contributed by atoms with van der Waals surface area (Å²) in [5.41, 5.74) is 2.82. The molecule has 5 heteroatoms. The highest BCUT2D eigenvalue weighted by atomic mass is 16.2. The molecule has 3 rings (SSSR count). The van der Waals surface area contributed by atoms with Crippen molar-refractivity contribution in [2.75, 3.05) is 11.4 Å². The fourth-order valence-corrected chi connectivity index (χ4v) is 3.03. The maximum atomic E-state index is 12.8. The minimum atomic E-state index is -0.227. The number of carbonyl (C=O) groups is 2. The van der Waals surface area contributed by atoms with Crippen LogP contribution in [0.25, 0.3) is 0 Å². The zero-order chi connectivity index (χ0) is 17.8. The second-order valence-electron chi connectivity index (χ2n) is 6.41. The van der Waals surface area contributed by atoms with Crippen LogP contribution in [-0.2, 0) is 16.1 Å². The molecule has 1 saturated carbocycles. The Balaban J connectivity index is 1.58. The van der Waals surface area contributed by atoms with Crippen molar-refractivity contribution in [1.29, 1.82) is 0 Å². The molecule has 0 bridgehead atoms. The standard InChI is InChI=1S/C20H23N3O2/c1-3-23(16-9-6-7-14(2)11-16)20(25)18-12-17(18)19(24)22-13-15-8-4-5-10-21-15/h4-11,17-18H,3,12-13H2,1-2H3,(H,22,24). The smallest absolute Gasteiger partial charge is 0.230 e. The van der Waals surface area contributed by atoms with Gasteiger partial charge in [0.2, 0.25) is 11.8 Å². The van der Waals surface area contributed by atoms with Gasteiger partial charge in [0.1, 0.15) is 0 Å². The van der Waals surface area contributed by atoms with E-state index in [2.05, 4.69) is 10.3 Å². The molecule has 1 aliphatic rings. The molecule has 0 aliphatic heterocycles. The van der Waals surface area contributed by atoms with E-state index in [1.807, 2.05) is 56.3 Å². The number of hydrogen-bond acceptors (Lipinski definition) is 3. The van der Waals surface area contributed by atoms with Gasteiger partial charge >= 0.3 is 0 Å². The number of aromatic nitrogens is 1. The molecule has 0 spiro atoms. The van der Waals surface area contributed by atoms with E-state index in [-0.39, 0.29) is 23.7 Å². The molecule has 1 aromatic carbocycles. The number of aryl methyl sites for hydroxylation is 1. The quantitative estimate of drug-likeness (QED) is 0.881. The van der Waals surface area contributed by atoms with Gasteiger partial charge in [0, 0.05) is 18.4 Å². The highest BCUT2D eigenvalue weighted by molar-refractivity contribution is 6.01. The molecule has 2 amide bonds. The predicted octanol–water partition coefficient (Wildman–Crippen LogP) is 2.70. The summed E-state index contributed by atoms with van der Waals surface area (Å²) >= 11 is 0. The van der Waals surface area contributed by atoms with Crippen LogP contribution in [0.5, 0.6) is 0 Å². The number of anilines is 1. The molecular formula is C20H23N3O2. The zero-order valence-corrected chi connectivity index (χ0v) is 14.6. The Morgan fingerprint density at radius 1 is 1.20 bits per heavy atom. The Hall–Kier alpha value is -2.69. The molecule has 0 saturated heterocycles. The van der Waals surface area contributed by atoms with E-state index >= 15 is 0 Å². The van der Waals surface area contributed by atoms with E-state index in [9.17, 15) is 9.59 Å².